The van der Waals surface area contributed by atoms with E-state index >= 15 is 0 Å². The molecule has 1 aromatic heterocycles. The second kappa shape index (κ2) is 8.59. The van der Waals surface area contributed by atoms with Crippen molar-refractivity contribution < 1.29 is 0 Å². The molecule has 108 valence electrons. The van der Waals surface area contributed by atoms with Gasteiger partial charge in [-0.1, -0.05) is 28.9 Å². The molecule has 1 aromatic carbocycles. The number of thioether (sulfide) groups is 1. The molecular formula is C15H17Br2NS2. The zero-order chi connectivity index (χ0) is 14.4. The van der Waals surface area contributed by atoms with Gasteiger partial charge in [0.05, 0.1) is 0 Å². The quantitative estimate of drug-likeness (QED) is 0.570. The predicted molar refractivity (Wildman–Crippen MR) is 98.1 cm³/mol. The second-order valence-corrected chi connectivity index (χ2v) is 8.28. The van der Waals surface area contributed by atoms with Crippen LogP contribution in [0.5, 0.6) is 0 Å². The van der Waals surface area contributed by atoms with Crippen LogP contribution in [0.15, 0.2) is 49.6 Å². The first-order valence-electron chi connectivity index (χ1n) is 6.52. The normalized spacial score (nSPS) is 12.6. The third-order valence-corrected chi connectivity index (χ3v) is 6.46. The number of hydrogen-bond donors (Lipinski definition) is 1. The Labute approximate surface area is 145 Å². The van der Waals surface area contributed by atoms with Gasteiger partial charge in [-0.3, -0.25) is 0 Å². The van der Waals surface area contributed by atoms with Crippen LogP contribution in [0.4, 0.5) is 0 Å². The Morgan fingerprint density at radius 2 is 2.15 bits per heavy atom. The van der Waals surface area contributed by atoms with Gasteiger partial charge in [0.1, 0.15) is 0 Å². The lowest BCUT2D eigenvalue weighted by Gasteiger charge is -2.17. The number of rotatable bonds is 7. The predicted octanol–water partition coefficient (Wildman–Crippen LogP) is 5.59. The highest BCUT2D eigenvalue weighted by atomic mass is 79.9. The van der Waals surface area contributed by atoms with Gasteiger partial charge in [0.2, 0.25) is 0 Å². The highest BCUT2D eigenvalue weighted by Gasteiger charge is 2.12. The van der Waals surface area contributed by atoms with E-state index in [4.69, 9.17) is 0 Å². The molecule has 0 radical (unpaired) electrons. The molecule has 0 bridgehead atoms. The maximum Gasteiger partial charge on any atom is 0.0314 e. The molecule has 0 saturated carbocycles. The molecule has 0 saturated heterocycles. The molecule has 0 aliphatic heterocycles. The van der Waals surface area contributed by atoms with Crippen molar-refractivity contribution in [2.24, 2.45) is 0 Å². The number of nitrogens with one attached hydrogen (secondary N) is 1. The lowest BCUT2D eigenvalue weighted by atomic mass is 10.2. The molecule has 1 heterocycles. The Balaban J connectivity index is 1.94. The van der Waals surface area contributed by atoms with Gasteiger partial charge in [-0.2, -0.15) is 0 Å². The van der Waals surface area contributed by atoms with E-state index in [1.54, 1.807) is 0 Å². The van der Waals surface area contributed by atoms with E-state index in [1.165, 1.54) is 14.2 Å². The first-order valence-corrected chi connectivity index (χ1v) is 9.97. The summed E-state index contributed by atoms with van der Waals surface area (Å²) in [6.45, 7) is 3.17. The van der Waals surface area contributed by atoms with Crippen molar-refractivity contribution in [3.8, 4) is 0 Å². The summed E-state index contributed by atoms with van der Waals surface area (Å²) in [5.41, 5.74) is 0. The highest BCUT2D eigenvalue weighted by Crippen LogP contribution is 2.27. The van der Waals surface area contributed by atoms with Crippen molar-refractivity contribution in [1.29, 1.82) is 0 Å². The molecule has 20 heavy (non-hydrogen) atoms. The molecule has 5 heteroatoms. The summed E-state index contributed by atoms with van der Waals surface area (Å²) in [7, 11) is 0. The molecule has 1 N–H and O–H groups in total. The van der Waals surface area contributed by atoms with Gasteiger partial charge in [-0.05, 0) is 58.5 Å². The van der Waals surface area contributed by atoms with E-state index in [2.05, 4.69) is 79.8 Å². The number of likely N-dealkylation sites (N-methyl/N-ethyl adjacent to an activating group) is 1. The van der Waals surface area contributed by atoms with Crippen LogP contribution < -0.4 is 5.32 Å². The number of thiophene rings is 1. The summed E-state index contributed by atoms with van der Waals surface area (Å²) >= 11 is 10.9. The zero-order valence-electron chi connectivity index (χ0n) is 11.2. The van der Waals surface area contributed by atoms with Crippen molar-refractivity contribution in [1.82, 2.24) is 5.32 Å². The minimum Gasteiger partial charge on any atom is -0.313 e. The molecule has 1 nitrogen and oxygen atoms in total. The molecule has 1 unspecified atom stereocenters. The van der Waals surface area contributed by atoms with Crippen LogP contribution in [0.2, 0.25) is 0 Å². The van der Waals surface area contributed by atoms with Crippen molar-refractivity contribution in [3.63, 3.8) is 0 Å². The summed E-state index contributed by atoms with van der Waals surface area (Å²) in [6, 6.07) is 11.1. The molecule has 0 aliphatic carbocycles. The largest absolute Gasteiger partial charge is 0.313 e. The van der Waals surface area contributed by atoms with Crippen LogP contribution >= 0.6 is 55.0 Å². The average Bonchev–Trinajstić information content (AvgIpc) is 2.82. The minimum atomic E-state index is 0.499. The third-order valence-electron chi connectivity index (χ3n) is 2.86. The Morgan fingerprint density at radius 1 is 1.30 bits per heavy atom. The smallest absolute Gasteiger partial charge is 0.0314 e. The van der Waals surface area contributed by atoms with E-state index in [-0.39, 0.29) is 0 Å². The van der Waals surface area contributed by atoms with E-state index in [0.717, 1.165) is 23.2 Å². The van der Waals surface area contributed by atoms with Crippen molar-refractivity contribution in [2.45, 2.75) is 24.3 Å². The van der Waals surface area contributed by atoms with Crippen molar-refractivity contribution in [3.05, 3.63) is 49.5 Å². The molecule has 1 atom stereocenters. The fourth-order valence-corrected chi connectivity index (χ4v) is 5.09. The van der Waals surface area contributed by atoms with Crippen LogP contribution in [-0.4, -0.2) is 18.3 Å². The first kappa shape index (κ1) is 16.6. The SMILES string of the molecule is CCNC(CSc1cccc(Br)c1)Cc1sccc1Br. The van der Waals surface area contributed by atoms with Crippen LogP contribution in [0.25, 0.3) is 0 Å². The van der Waals surface area contributed by atoms with Crippen molar-refractivity contribution >= 4 is 55.0 Å². The summed E-state index contributed by atoms with van der Waals surface area (Å²) < 4.78 is 2.38. The summed E-state index contributed by atoms with van der Waals surface area (Å²) in [5, 5.41) is 5.73. The molecule has 0 spiro atoms. The summed E-state index contributed by atoms with van der Waals surface area (Å²) in [5.74, 6) is 1.08. The molecule has 0 aliphatic rings. The fourth-order valence-electron chi connectivity index (χ4n) is 1.93. The van der Waals surface area contributed by atoms with Crippen LogP contribution in [-0.2, 0) is 6.42 Å². The van der Waals surface area contributed by atoms with Gasteiger partial charge in [0.25, 0.3) is 0 Å². The standard InChI is InChI=1S/C15H17Br2NS2/c1-2-18-12(9-15-14(17)6-7-19-15)10-20-13-5-3-4-11(16)8-13/h3-8,12,18H,2,9-10H2,1H3. The van der Waals surface area contributed by atoms with Gasteiger partial charge in [0.15, 0.2) is 0 Å². The number of benzene rings is 1. The average molecular weight is 435 g/mol. The Bertz CT molecular complexity index is 542. The topological polar surface area (TPSA) is 12.0 Å². The van der Waals surface area contributed by atoms with E-state index in [0.29, 0.717) is 6.04 Å². The third kappa shape index (κ3) is 5.19. The molecular weight excluding hydrogens is 418 g/mol. The lowest BCUT2D eigenvalue weighted by Crippen LogP contribution is -2.33. The Kier molecular flexibility index (Phi) is 7.11. The molecule has 0 amide bonds. The Morgan fingerprint density at radius 3 is 2.80 bits per heavy atom. The van der Waals surface area contributed by atoms with E-state index in [1.807, 2.05) is 23.1 Å². The lowest BCUT2D eigenvalue weighted by molar-refractivity contribution is 0.575. The zero-order valence-corrected chi connectivity index (χ0v) is 16.0. The van der Waals surface area contributed by atoms with Gasteiger partial charge in [-0.15, -0.1) is 23.1 Å². The summed E-state index contributed by atoms with van der Waals surface area (Å²) in [4.78, 5) is 2.73. The first-order chi connectivity index (χ1) is 9.69. The minimum absolute atomic E-state index is 0.499. The molecule has 2 aromatic rings. The van der Waals surface area contributed by atoms with E-state index in [9.17, 15) is 0 Å². The van der Waals surface area contributed by atoms with Crippen LogP contribution in [0.3, 0.4) is 0 Å². The maximum atomic E-state index is 3.62. The second-order valence-electron chi connectivity index (χ2n) is 4.42. The Hall–Kier alpha value is 0.190. The van der Waals surface area contributed by atoms with Gasteiger partial charge in [-0.25, -0.2) is 0 Å². The fraction of sp³-hybridized carbons (Fsp3) is 0.333. The number of halogens is 2. The number of hydrogen-bond acceptors (Lipinski definition) is 3. The van der Waals surface area contributed by atoms with Crippen molar-refractivity contribution in [2.75, 3.05) is 12.3 Å². The molecule has 0 fully saturated rings. The van der Waals surface area contributed by atoms with Gasteiger partial charge in [0, 0.05) is 30.5 Å². The molecule has 2 rings (SSSR count). The monoisotopic (exact) mass is 433 g/mol. The van der Waals surface area contributed by atoms with Crippen LogP contribution in [0.1, 0.15) is 11.8 Å². The maximum absolute atomic E-state index is 3.62. The summed E-state index contributed by atoms with van der Waals surface area (Å²) in [6.07, 6.45) is 1.08. The van der Waals surface area contributed by atoms with Gasteiger partial charge < -0.3 is 5.32 Å². The van der Waals surface area contributed by atoms with E-state index < -0.39 is 0 Å². The highest BCUT2D eigenvalue weighted by molar-refractivity contribution is 9.10. The van der Waals surface area contributed by atoms with Crippen LogP contribution in [0, 0.1) is 0 Å². The van der Waals surface area contributed by atoms with Gasteiger partial charge >= 0.3 is 0 Å².